The number of nitrogens with zero attached hydrogens (tertiary/aromatic N) is 1. The monoisotopic (exact) mass is 445 g/mol. The number of ether oxygens (including phenoxy) is 2. The third-order valence-electron chi connectivity index (χ3n) is 3.55. The molecule has 0 unspecified atom stereocenters. The Balaban J connectivity index is 1.75. The number of aromatic nitrogens is 1. The highest BCUT2D eigenvalue weighted by atomic mass is 32.1. The van der Waals surface area contributed by atoms with E-state index in [1.54, 1.807) is 39.1 Å². The van der Waals surface area contributed by atoms with Crippen molar-refractivity contribution in [1.82, 2.24) is 15.6 Å². The van der Waals surface area contributed by atoms with Crippen molar-refractivity contribution in [3.05, 3.63) is 35.3 Å². The van der Waals surface area contributed by atoms with Crippen molar-refractivity contribution in [1.29, 1.82) is 0 Å². The summed E-state index contributed by atoms with van der Waals surface area (Å²) in [5, 5.41) is 5.83. The number of carbonyl (C=O) groups is 1. The van der Waals surface area contributed by atoms with Gasteiger partial charge in [0.1, 0.15) is 16.4 Å². The number of amides is 1. The zero-order valence-electron chi connectivity index (χ0n) is 17.1. The first-order valence-electron chi connectivity index (χ1n) is 9.44. The molecular formula is C20H26F3N3O3S. The predicted molar refractivity (Wildman–Crippen MR) is 110 cm³/mol. The molecular weight excluding hydrogens is 419 g/mol. The lowest BCUT2D eigenvalue weighted by atomic mass is 10.2. The van der Waals surface area contributed by atoms with E-state index in [-0.39, 0.29) is 6.54 Å². The van der Waals surface area contributed by atoms with Gasteiger partial charge in [0, 0.05) is 16.6 Å². The van der Waals surface area contributed by atoms with E-state index in [9.17, 15) is 18.0 Å². The molecule has 2 N–H and O–H groups in total. The minimum atomic E-state index is -4.20. The van der Waals surface area contributed by atoms with Crippen LogP contribution in [0.1, 0.15) is 32.1 Å². The number of hydrogen-bond acceptors (Lipinski definition) is 6. The van der Waals surface area contributed by atoms with Crippen LogP contribution in [0.15, 0.2) is 30.5 Å². The van der Waals surface area contributed by atoms with Crippen molar-refractivity contribution in [3.8, 4) is 16.3 Å². The maximum absolute atomic E-state index is 12.0. The molecule has 166 valence electrons. The normalized spacial score (nSPS) is 11.9. The number of alkyl halides is 3. The minimum absolute atomic E-state index is 0.233. The molecule has 1 aromatic carbocycles. The van der Waals surface area contributed by atoms with Gasteiger partial charge in [-0.25, -0.2) is 9.78 Å². The molecule has 0 saturated carbocycles. The molecule has 1 heterocycles. The first-order valence-corrected chi connectivity index (χ1v) is 10.3. The van der Waals surface area contributed by atoms with Crippen LogP contribution in [0.5, 0.6) is 5.75 Å². The van der Waals surface area contributed by atoms with E-state index in [1.807, 2.05) is 12.1 Å². The number of nitrogens with one attached hydrogen (secondary N) is 2. The lowest BCUT2D eigenvalue weighted by Gasteiger charge is -2.19. The van der Waals surface area contributed by atoms with Crippen LogP contribution in [0, 0.1) is 0 Å². The summed E-state index contributed by atoms with van der Waals surface area (Å²) in [6.45, 7) is 5.29. The van der Waals surface area contributed by atoms with Gasteiger partial charge in [0.25, 0.3) is 0 Å². The van der Waals surface area contributed by atoms with Crippen LogP contribution in [-0.2, 0) is 11.3 Å². The van der Waals surface area contributed by atoms with Crippen LogP contribution < -0.4 is 15.4 Å². The zero-order chi connectivity index (χ0) is 22.2. The molecule has 2 aromatic rings. The fourth-order valence-corrected chi connectivity index (χ4v) is 3.16. The van der Waals surface area contributed by atoms with Crippen LogP contribution in [0.25, 0.3) is 10.6 Å². The van der Waals surface area contributed by atoms with E-state index < -0.39 is 24.4 Å². The van der Waals surface area contributed by atoms with Crippen molar-refractivity contribution in [3.63, 3.8) is 0 Å². The highest BCUT2D eigenvalue weighted by Crippen LogP contribution is 2.27. The van der Waals surface area contributed by atoms with Gasteiger partial charge < -0.3 is 20.1 Å². The maximum atomic E-state index is 12.0. The van der Waals surface area contributed by atoms with Gasteiger partial charge in [0.05, 0.1) is 19.7 Å². The van der Waals surface area contributed by atoms with Crippen molar-refractivity contribution in [2.75, 3.05) is 19.7 Å². The third kappa shape index (κ3) is 9.45. The molecule has 1 aromatic heterocycles. The second kappa shape index (κ2) is 10.6. The Labute approximate surface area is 177 Å². The van der Waals surface area contributed by atoms with E-state index in [1.165, 1.54) is 11.3 Å². The molecule has 1 amide bonds. The number of halogens is 3. The van der Waals surface area contributed by atoms with E-state index >= 15 is 0 Å². The van der Waals surface area contributed by atoms with E-state index in [0.717, 1.165) is 15.4 Å². The number of alkyl carbamates (subject to hydrolysis) is 1. The highest BCUT2D eigenvalue weighted by molar-refractivity contribution is 7.15. The summed E-state index contributed by atoms with van der Waals surface area (Å²) >= 11 is 1.46. The van der Waals surface area contributed by atoms with Crippen molar-refractivity contribution >= 4 is 17.4 Å². The SMILES string of the molecule is CC(C)(C)OC(=O)NCc1cnc(-c2ccc(OCCCNCC(F)(F)F)cc2)s1. The molecule has 0 atom stereocenters. The van der Waals surface area contributed by atoms with Crippen LogP contribution in [0.4, 0.5) is 18.0 Å². The molecule has 10 heteroatoms. The Morgan fingerprint density at radius 1 is 1.17 bits per heavy atom. The molecule has 0 radical (unpaired) electrons. The smallest absolute Gasteiger partial charge is 0.407 e. The van der Waals surface area contributed by atoms with Gasteiger partial charge in [-0.05, 0) is 58.0 Å². The van der Waals surface area contributed by atoms with E-state index in [2.05, 4.69) is 15.6 Å². The lowest BCUT2D eigenvalue weighted by molar-refractivity contribution is -0.124. The van der Waals surface area contributed by atoms with Gasteiger partial charge in [-0.15, -0.1) is 11.3 Å². The molecule has 0 bridgehead atoms. The first kappa shape index (κ1) is 23.9. The third-order valence-corrected chi connectivity index (χ3v) is 4.60. The number of thiazole rings is 1. The molecule has 0 saturated heterocycles. The molecule has 0 aliphatic rings. The quantitative estimate of drug-likeness (QED) is 0.545. The number of hydrogen-bond donors (Lipinski definition) is 2. The number of rotatable bonds is 9. The number of carbonyl (C=O) groups excluding carboxylic acids is 1. The molecule has 0 spiro atoms. The Morgan fingerprint density at radius 3 is 2.50 bits per heavy atom. The Morgan fingerprint density at radius 2 is 1.87 bits per heavy atom. The van der Waals surface area contributed by atoms with Gasteiger partial charge >= 0.3 is 12.3 Å². The fraction of sp³-hybridized carbons (Fsp3) is 0.500. The lowest BCUT2D eigenvalue weighted by Crippen LogP contribution is -2.31. The molecule has 30 heavy (non-hydrogen) atoms. The standard InChI is InChI=1S/C20H26F3N3O3S/c1-19(2,3)29-18(27)26-12-16-11-25-17(30-16)14-5-7-15(8-6-14)28-10-4-9-24-13-20(21,22)23/h5-8,11,24H,4,9-10,12-13H2,1-3H3,(H,26,27). The fourth-order valence-electron chi connectivity index (χ4n) is 2.31. The summed E-state index contributed by atoms with van der Waals surface area (Å²) < 4.78 is 46.8. The molecule has 0 fully saturated rings. The summed E-state index contributed by atoms with van der Waals surface area (Å²) in [4.78, 5) is 17.0. The number of benzene rings is 1. The summed E-state index contributed by atoms with van der Waals surface area (Å²) in [6, 6.07) is 7.30. The Hall–Kier alpha value is -2.33. The average molecular weight is 446 g/mol. The van der Waals surface area contributed by atoms with Crippen LogP contribution in [-0.4, -0.2) is 42.6 Å². The van der Waals surface area contributed by atoms with Crippen LogP contribution in [0.2, 0.25) is 0 Å². The summed E-state index contributed by atoms with van der Waals surface area (Å²) in [5.41, 5.74) is 0.356. The topological polar surface area (TPSA) is 72.5 Å². The highest BCUT2D eigenvalue weighted by Gasteiger charge is 2.25. The first-order chi connectivity index (χ1) is 14.0. The van der Waals surface area contributed by atoms with E-state index in [0.29, 0.717) is 25.3 Å². The zero-order valence-corrected chi connectivity index (χ0v) is 18.0. The predicted octanol–water partition coefficient (Wildman–Crippen LogP) is 4.76. The molecule has 0 aliphatic heterocycles. The van der Waals surface area contributed by atoms with Crippen molar-refractivity contribution in [2.45, 2.75) is 45.5 Å². The Bertz CT molecular complexity index is 802. The van der Waals surface area contributed by atoms with Gasteiger partial charge in [-0.3, -0.25) is 0 Å². The maximum Gasteiger partial charge on any atom is 0.407 e. The summed E-state index contributed by atoms with van der Waals surface area (Å²) in [5.74, 6) is 0.637. The molecule has 2 rings (SSSR count). The Kier molecular flexibility index (Phi) is 8.48. The minimum Gasteiger partial charge on any atom is -0.494 e. The van der Waals surface area contributed by atoms with Gasteiger partial charge in [-0.2, -0.15) is 13.2 Å². The largest absolute Gasteiger partial charge is 0.494 e. The van der Waals surface area contributed by atoms with E-state index in [4.69, 9.17) is 9.47 Å². The van der Waals surface area contributed by atoms with Crippen molar-refractivity contribution in [2.24, 2.45) is 0 Å². The second-order valence-corrected chi connectivity index (χ2v) is 8.62. The summed E-state index contributed by atoms with van der Waals surface area (Å²) in [6.07, 6.45) is -2.50. The molecule has 6 nitrogen and oxygen atoms in total. The molecule has 0 aliphatic carbocycles. The van der Waals surface area contributed by atoms with Gasteiger partial charge in [-0.1, -0.05) is 0 Å². The van der Waals surface area contributed by atoms with Gasteiger partial charge in [0.2, 0.25) is 0 Å². The van der Waals surface area contributed by atoms with Crippen molar-refractivity contribution < 1.29 is 27.4 Å². The van der Waals surface area contributed by atoms with Crippen LogP contribution >= 0.6 is 11.3 Å². The average Bonchev–Trinajstić information content (AvgIpc) is 3.10. The summed E-state index contributed by atoms with van der Waals surface area (Å²) in [7, 11) is 0. The second-order valence-electron chi connectivity index (χ2n) is 7.51. The van der Waals surface area contributed by atoms with Crippen LogP contribution in [0.3, 0.4) is 0 Å². The van der Waals surface area contributed by atoms with Gasteiger partial charge in [0.15, 0.2) is 0 Å².